The Morgan fingerprint density at radius 2 is 2.00 bits per heavy atom. The molecule has 0 bridgehead atoms. The zero-order valence-corrected chi connectivity index (χ0v) is 16.0. The number of nitrogens with one attached hydrogen (secondary N) is 1. The number of nitrogens with zero attached hydrogens (tertiary/aromatic N) is 3. The fourth-order valence-corrected chi connectivity index (χ4v) is 4.94. The van der Waals surface area contributed by atoms with E-state index in [1.807, 2.05) is 12.1 Å². The van der Waals surface area contributed by atoms with Crippen LogP contribution in [0.2, 0.25) is 5.28 Å². The highest BCUT2D eigenvalue weighted by Crippen LogP contribution is 2.42. The van der Waals surface area contributed by atoms with Crippen LogP contribution in [0.3, 0.4) is 0 Å². The number of hydrogen-bond acceptors (Lipinski definition) is 6. The van der Waals surface area contributed by atoms with Crippen molar-refractivity contribution in [2.24, 2.45) is 5.73 Å². The number of hydrogen-bond donors (Lipinski definition) is 2. The van der Waals surface area contributed by atoms with E-state index in [9.17, 15) is 0 Å². The molecular formula is C19H20ClN5S. The van der Waals surface area contributed by atoms with Crippen LogP contribution in [-0.4, -0.2) is 21.0 Å². The number of rotatable bonds is 4. The molecule has 0 unspecified atom stereocenters. The van der Waals surface area contributed by atoms with Crippen LogP contribution >= 0.6 is 22.9 Å². The van der Waals surface area contributed by atoms with Gasteiger partial charge in [0.05, 0.1) is 10.2 Å². The quantitative estimate of drug-likeness (QED) is 0.513. The van der Waals surface area contributed by atoms with Crippen molar-refractivity contribution < 1.29 is 0 Å². The largest absolute Gasteiger partial charge is 0.365 e. The minimum absolute atomic E-state index is 0.142. The highest BCUT2D eigenvalue weighted by molar-refractivity contribution is 7.20. The highest BCUT2D eigenvalue weighted by atomic mass is 35.5. The van der Waals surface area contributed by atoms with Gasteiger partial charge >= 0.3 is 0 Å². The summed E-state index contributed by atoms with van der Waals surface area (Å²) < 4.78 is 1.04. The Labute approximate surface area is 161 Å². The summed E-state index contributed by atoms with van der Waals surface area (Å²) >= 11 is 7.93. The maximum Gasteiger partial charge on any atom is 0.224 e. The van der Waals surface area contributed by atoms with Crippen molar-refractivity contribution in [2.75, 3.05) is 5.32 Å². The molecule has 0 amide bonds. The minimum atomic E-state index is 0.142. The van der Waals surface area contributed by atoms with Gasteiger partial charge in [-0.05, 0) is 54.6 Å². The summed E-state index contributed by atoms with van der Waals surface area (Å²) in [6, 6.07) is 4.10. The molecule has 0 radical (unpaired) electrons. The Morgan fingerprint density at radius 1 is 1.23 bits per heavy atom. The molecule has 0 saturated heterocycles. The lowest BCUT2D eigenvalue weighted by molar-refractivity contribution is 0.526. The topological polar surface area (TPSA) is 76.7 Å². The number of thiophene rings is 1. The molecule has 134 valence electrons. The van der Waals surface area contributed by atoms with Gasteiger partial charge in [-0.15, -0.1) is 11.3 Å². The molecule has 3 heterocycles. The average Bonchev–Trinajstić information content (AvgIpc) is 2.98. The summed E-state index contributed by atoms with van der Waals surface area (Å²) in [6.45, 7) is 2.76. The molecule has 0 aliphatic heterocycles. The van der Waals surface area contributed by atoms with E-state index in [1.54, 1.807) is 23.7 Å². The first-order valence-corrected chi connectivity index (χ1v) is 9.83. The van der Waals surface area contributed by atoms with Gasteiger partial charge in [0.25, 0.3) is 0 Å². The molecule has 7 heteroatoms. The van der Waals surface area contributed by atoms with E-state index < -0.39 is 0 Å². The molecule has 0 saturated carbocycles. The third-order valence-corrected chi connectivity index (χ3v) is 6.39. The maximum absolute atomic E-state index is 6.38. The maximum atomic E-state index is 6.38. The molecule has 0 spiro atoms. The lowest BCUT2D eigenvalue weighted by Gasteiger charge is -2.24. The van der Waals surface area contributed by atoms with Crippen molar-refractivity contribution in [3.63, 3.8) is 0 Å². The third-order valence-electron chi connectivity index (χ3n) is 4.80. The van der Waals surface area contributed by atoms with Crippen LogP contribution in [0.5, 0.6) is 0 Å². The van der Waals surface area contributed by atoms with Crippen LogP contribution in [0.15, 0.2) is 36.7 Å². The van der Waals surface area contributed by atoms with E-state index in [1.165, 1.54) is 4.88 Å². The fourth-order valence-electron chi connectivity index (χ4n) is 3.37. The molecule has 3 aromatic heterocycles. The number of allylic oxidation sites excluding steroid dienone is 1. The number of nitrogens with two attached hydrogens (primary N) is 1. The predicted octanol–water partition coefficient (Wildman–Crippen LogP) is 4.42. The van der Waals surface area contributed by atoms with Crippen molar-refractivity contribution in [3.05, 3.63) is 58.0 Å². The zero-order chi connectivity index (χ0) is 18.1. The van der Waals surface area contributed by atoms with Crippen LogP contribution in [0.4, 0.5) is 5.82 Å². The number of aromatic nitrogens is 3. The van der Waals surface area contributed by atoms with Crippen LogP contribution < -0.4 is 11.1 Å². The smallest absolute Gasteiger partial charge is 0.224 e. The Morgan fingerprint density at radius 3 is 2.77 bits per heavy atom. The molecule has 5 nitrogen and oxygen atoms in total. The van der Waals surface area contributed by atoms with Gasteiger partial charge in [-0.2, -0.15) is 4.98 Å². The molecular weight excluding hydrogens is 366 g/mol. The summed E-state index contributed by atoms with van der Waals surface area (Å²) in [4.78, 5) is 14.3. The number of anilines is 1. The van der Waals surface area contributed by atoms with E-state index >= 15 is 0 Å². The fraction of sp³-hybridized carbons (Fsp3) is 0.316. The summed E-state index contributed by atoms with van der Waals surface area (Å²) in [7, 11) is 0. The second-order valence-electron chi connectivity index (χ2n) is 6.53. The third kappa shape index (κ3) is 3.32. The Bertz CT molecular complexity index is 953. The lowest BCUT2D eigenvalue weighted by Crippen LogP contribution is -2.29. The van der Waals surface area contributed by atoms with E-state index in [0.717, 1.165) is 40.0 Å². The normalized spacial score (nSPS) is 19.8. The Balaban J connectivity index is 1.72. The molecule has 2 atom stereocenters. The van der Waals surface area contributed by atoms with Crippen LogP contribution in [0.1, 0.15) is 34.8 Å². The van der Waals surface area contributed by atoms with Crippen molar-refractivity contribution in [2.45, 2.75) is 38.3 Å². The van der Waals surface area contributed by atoms with Crippen molar-refractivity contribution in [3.8, 4) is 0 Å². The van der Waals surface area contributed by atoms with E-state index in [0.29, 0.717) is 12.5 Å². The van der Waals surface area contributed by atoms with Crippen molar-refractivity contribution in [1.82, 2.24) is 15.0 Å². The average molecular weight is 386 g/mol. The van der Waals surface area contributed by atoms with Crippen molar-refractivity contribution in [1.29, 1.82) is 0 Å². The van der Waals surface area contributed by atoms with Gasteiger partial charge < -0.3 is 11.1 Å². The Hall–Kier alpha value is -2.02. The molecule has 3 N–H and O–H groups in total. The van der Waals surface area contributed by atoms with Gasteiger partial charge in [0.2, 0.25) is 5.28 Å². The molecule has 3 aromatic rings. The summed E-state index contributed by atoms with van der Waals surface area (Å²) in [5.41, 5.74) is 9.60. The Kier molecular flexibility index (Phi) is 4.89. The standard InChI is InChI=1S/C19H20ClN5S/c1-11-15-17(26-16(11)13-4-2-3-5-14(13)21)18(25-19(20)24-15)23-10-12-6-8-22-9-7-12/h2-3,6-9,13-14H,4-5,10,21H2,1H3,(H,23,24,25)/t13-,14-/m1/s1. The SMILES string of the molecule is Cc1c([C@@H]2CC=CC[C@H]2N)sc2c(NCc3ccncc3)nc(Cl)nc12. The number of aryl methyl sites for hydroxylation is 1. The first-order valence-electron chi connectivity index (χ1n) is 8.63. The summed E-state index contributed by atoms with van der Waals surface area (Å²) in [5, 5.41) is 3.66. The molecule has 1 aliphatic carbocycles. The van der Waals surface area contributed by atoms with Crippen LogP contribution in [0.25, 0.3) is 10.2 Å². The van der Waals surface area contributed by atoms with Crippen LogP contribution in [0, 0.1) is 6.92 Å². The lowest BCUT2D eigenvalue weighted by atomic mass is 9.87. The van der Waals surface area contributed by atoms with Gasteiger partial charge in [0, 0.05) is 35.8 Å². The van der Waals surface area contributed by atoms with Gasteiger partial charge in [0.1, 0.15) is 5.82 Å². The minimum Gasteiger partial charge on any atom is -0.365 e. The molecule has 4 rings (SSSR count). The predicted molar refractivity (Wildman–Crippen MR) is 108 cm³/mol. The highest BCUT2D eigenvalue weighted by Gasteiger charge is 2.26. The molecule has 1 aliphatic rings. The molecule has 0 fully saturated rings. The van der Waals surface area contributed by atoms with E-state index in [4.69, 9.17) is 17.3 Å². The number of fused-ring (bicyclic) bond motifs is 1. The first-order chi connectivity index (χ1) is 12.6. The molecule has 0 aromatic carbocycles. The molecule has 26 heavy (non-hydrogen) atoms. The van der Waals surface area contributed by atoms with Gasteiger partial charge in [0.15, 0.2) is 0 Å². The van der Waals surface area contributed by atoms with Gasteiger partial charge in [-0.1, -0.05) is 12.2 Å². The number of halogens is 1. The summed E-state index contributed by atoms with van der Waals surface area (Å²) in [6.07, 6.45) is 9.84. The van der Waals surface area contributed by atoms with Gasteiger partial charge in [-0.25, -0.2) is 4.98 Å². The second-order valence-corrected chi connectivity index (χ2v) is 7.92. The van der Waals surface area contributed by atoms with E-state index in [2.05, 4.69) is 39.3 Å². The van der Waals surface area contributed by atoms with E-state index in [-0.39, 0.29) is 11.3 Å². The zero-order valence-electron chi connectivity index (χ0n) is 14.4. The van der Waals surface area contributed by atoms with Crippen LogP contribution in [-0.2, 0) is 6.54 Å². The second kappa shape index (κ2) is 7.31. The first kappa shape index (κ1) is 17.4. The summed E-state index contributed by atoms with van der Waals surface area (Å²) in [5.74, 6) is 1.10. The van der Waals surface area contributed by atoms with Gasteiger partial charge in [-0.3, -0.25) is 4.98 Å². The van der Waals surface area contributed by atoms with Crippen molar-refractivity contribution >= 4 is 39.0 Å². The monoisotopic (exact) mass is 385 g/mol. The number of pyridine rings is 1.